The largest absolute Gasteiger partial charge is 0.465 e. The van der Waals surface area contributed by atoms with Crippen molar-refractivity contribution in [2.75, 3.05) is 13.2 Å². The van der Waals surface area contributed by atoms with Crippen molar-refractivity contribution in [3.8, 4) is 0 Å². The predicted octanol–water partition coefficient (Wildman–Crippen LogP) is 2.96. The summed E-state index contributed by atoms with van der Waals surface area (Å²) in [6, 6.07) is 9.64. The van der Waals surface area contributed by atoms with Crippen molar-refractivity contribution in [2.24, 2.45) is 5.92 Å². The van der Waals surface area contributed by atoms with Crippen LogP contribution in [-0.4, -0.2) is 25.0 Å². The third-order valence-electron chi connectivity index (χ3n) is 3.07. The molecule has 0 bridgehead atoms. The Morgan fingerprint density at radius 1 is 1.27 bits per heavy atom. The summed E-state index contributed by atoms with van der Waals surface area (Å²) in [6.07, 6.45) is 6.33. The van der Waals surface area contributed by atoms with E-state index in [9.17, 15) is 9.59 Å². The summed E-state index contributed by atoms with van der Waals surface area (Å²) >= 11 is 0. The highest BCUT2D eigenvalue weighted by Gasteiger charge is 2.09. The summed E-state index contributed by atoms with van der Waals surface area (Å²) in [5.74, 6) is -0.659. The number of benzene rings is 1. The Labute approximate surface area is 131 Å². The first-order valence-corrected chi connectivity index (χ1v) is 7.43. The molecule has 1 aromatic carbocycles. The Bertz CT molecular complexity index is 508. The van der Waals surface area contributed by atoms with Gasteiger partial charge in [-0.2, -0.15) is 0 Å². The molecule has 1 N–H and O–H groups in total. The van der Waals surface area contributed by atoms with Gasteiger partial charge in [0.1, 0.15) is 0 Å². The van der Waals surface area contributed by atoms with E-state index in [0.29, 0.717) is 13.2 Å². The van der Waals surface area contributed by atoms with E-state index in [1.165, 1.54) is 6.08 Å². The fourth-order valence-electron chi connectivity index (χ4n) is 1.63. The van der Waals surface area contributed by atoms with E-state index in [0.717, 1.165) is 18.4 Å². The molecule has 1 amide bonds. The number of amides is 1. The SMILES string of the molecule is C=CC(C)C(=O)OCCCCNC(=O)/C=C/c1ccccc1. The summed E-state index contributed by atoms with van der Waals surface area (Å²) in [6.45, 7) is 6.22. The number of carbonyl (C=O) groups is 2. The third kappa shape index (κ3) is 7.43. The zero-order chi connectivity index (χ0) is 16.2. The van der Waals surface area contributed by atoms with Crippen LogP contribution in [-0.2, 0) is 14.3 Å². The lowest BCUT2D eigenvalue weighted by Gasteiger charge is -2.07. The summed E-state index contributed by atoms with van der Waals surface area (Å²) in [7, 11) is 0. The van der Waals surface area contributed by atoms with Crippen LogP contribution in [0.1, 0.15) is 25.3 Å². The first kappa shape index (κ1) is 17.7. The Morgan fingerprint density at radius 2 is 2.00 bits per heavy atom. The van der Waals surface area contributed by atoms with E-state index < -0.39 is 0 Å². The topological polar surface area (TPSA) is 55.4 Å². The van der Waals surface area contributed by atoms with Gasteiger partial charge in [0, 0.05) is 12.6 Å². The van der Waals surface area contributed by atoms with Crippen molar-refractivity contribution >= 4 is 18.0 Å². The van der Waals surface area contributed by atoms with Crippen molar-refractivity contribution in [3.63, 3.8) is 0 Å². The normalized spacial score (nSPS) is 11.9. The van der Waals surface area contributed by atoms with E-state index in [2.05, 4.69) is 11.9 Å². The van der Waals surface area contributed by atoms with Gasteiger partial charge < -0.3 is 10.1 Å². The number of ether oxygens (including phenoxy) is 1. The first-order valence-electron chi connectivity index (χ1n) is 7.43. The fraction of sp³-hybridized carbons (Fsp3) is 0.333. The van der Waals surface area contributed by atoms with Gasteiger partial charge >= 0.3 is 5.97 Å². The minimum Gasteiger partial charge on any atom is -0.465 e. The van der Waals surface area contributed by atoms with Crippen molar-refractivity contribution in [1.29, 1.82) is 0 Å². The monoisotopic (exact) mass is 301 g/mol. The molecule has 0 aliphatic rings. The maximum Gasteiger partial charge on any atom is 0.312 e. The molecule has 22 heavy (non-hydrogen) atoms. The molecule has 1 atom stereocenters. The quantitative estimate of drug-likeness (QED) is 0.330. The number of nitrogens with one attached hydrogen (secondary N) is 1. The summed E-state index contributed by atoms with van der Waals surface area (Å²) < 4.78 is 5.07. The summed E-state index contributed by atoms with van der Waals surface area (Å²) in [5.41, 5.74) is 0.987. The molecule has 1 unspecified atom stereocenters. The molecule has 0 aliphatic carbocycles. The highest BCUT2D eigenvalue weighted by Crippen LogP contribution is 2.01. The van der Waals surface area contributed by atoms with Gasteiger partial charge in [0.05, 0.1) is 12.5 Å². The van der Waals surface area contributed by atoms with Gasteiger partial charge in [0.15, 0.2) is 0 Å². The van der Waals surface area contributed by atoms with Crippen LogP contribution in [0.15, 0.2) is 49.1 Å². The molecule has 0 saturated carbocycles. The zero-order valence-electron chi connectivity index (χ0n) is 13.0. The van der Waals surface area contributed by atoms with E-state index >= 15 is 0 Å². The molecule has 4 heteroatoms. The van der Waals surface area contributed by atoms with Gasteiger partial charge in [-0.1, -0.05) is 36.4 Å². The van der Waals surface area contributed by atoms with Crippen molar-refractivity contribution < 1.29 is 14.3 Å². The van der Waals surface area contributed by atoms with E-state index in [1.54, 1.807) is 19.1 Å². The zero-order valence-corrected chi connectivity index (χ0v) is 13.0. The molecule has 1 aromatic rings. The third-order valence-corrected chi connectivity index (χ3v) is 3.07. The summed E-state index contributed by atoms with van der Waals surface area (Å²) in [5, 5.41) is 2.79. The van der Waals surface area contributed by atoms with Crippen molar-refractivity contribution in [2.45, 2.75) is 19.8 Å². The molecule has 118 valence electrons. The van der Waals surface area contributed by atoms with Crippen LogP contribution < -0.4 is 5.32 Å². The smallest absolute Gasteiger partial charge is 0.312 e. The second kappa shape index (κ2) is 10.4. The Kier molecular flexibility index (Phi) is 8.35. The van der Waals surface area contributed by atoms with Crippen LogP contribution in [0.3, 0.4) is 0 Å². The van der Waals surface area contributed by atoms with Gasteiger partial charge in [-0.15, -0.1) is 6.58 Å². The van der Waals surface area contributed by atoms with Crippen LogP contribution in [0.2, 0.25) is 0 Å². The van der Waals surface area contributed by atoms with Crippen LogP contribution in [0.5, 0.6) is 0 Å². The number of hydrogen-bond donors (Lipinski definition) is 1. The van der Waals surface area contributed by atoms with Gasteiger partial charge in [-0.25, -0.2) is 0 Å². The number of rotatable bonds is 9. The molecular weight excluding hydrogens is 278 g/mol. The Balaban J connectivity index is 2.09. The van der Waals surface area contributed by atoms with E-state index in [4.69, 9.17) is 4.74 Å². The maximum atomic E-state index is 11.6. The average molecular weight is 301 g/mol. The number of hydrogen-bond acceptors (Lipinski definition) is 3. The predicted molar refractivity (Wildman–Crippen MR) is 88.0 cm³/mol. The molecule has 4 nitrogen and oxygen atoms in total. The van der Waals surface area contributed by atoms with Gasteiger partial charge in [0.25, 0.3) is 0 Å². The minimum atomic E-state index is -0.275. The summed E-state index contributed by atoms with van der Waals surface area (Å²) in [4.78, 5) is 23.0. The van der Waals surface area contributed by atoms with Gasteiger partial charge in [-0.05, 0) is 31.4 Å². The fourth-order valence-corrected chi connectivity index (χ4v) is 1.63. The molecule has 1 rings (SSSR count). The molecule has 0 radical (unpaired) electrons. The Morgan fingerprint density at radius 3 is 2.68 bits per heavy atom. The lowest BCUT2D eigenvalue weighted by Crippen LogP contribution is -2.22. The Hall–Kier alpha value is -2.36. The van der Waals surface area contributed by atoms with Crippen LogP contribution in [0, 0.1) is 5.92 Å². The molecule has 0 heterocycles. The molecule has 0 spiro atoms. The van der Waals surface area contributed by atoms with Crippen LogP contribution >= 0.6 is 0 Å². The molecule has 0 fully saturated rings. The number of esters is 1. The number of unbranched alkanes of at least 4 members (excludes halogenated alkanes) is 1. The lowest BCUT2D eigenvalue weighted by molar-refractivity contribution is -0.146. The molecule has 0 saturated heterocycles. The number of carbonyl (C=O) groups excluding carboxylic acids is 2. The highest BCUT2D eigenvalue weighted by atomic mass is 16.5. The van der Waals surface area contributed by atoms with Crippen LogP contribution in [0.25, 0.3) is 6.08 Å². The average Bonchev–Trinajstić information content (AvgIpc) is 2.56. The first-order chi connectivity index (χ1) is 10.6. The molecule has 0 aromatic heterocycles. The van der Waals surface area contributed by atoms with Gasteiger partial charge in [-0.3, -0.25) is 9.59 Å². The van der Waals surface area contributed by atoms with E-state index in [1.807, 2.05) is 30.3 Å². The van der Waals surface area contributed by atoms with Crippen molar-refractivity contribution in [3.05, 3.63) is 54.6 Å². The van der Waals surface area contributed by atoms with Crippen molar-refractivity contribution in [1.82, 2.24) is 5.32 Å². The second-order valence-electron chi connectivity index (χ2n) is 4.93. The van der Waals surface area contributed by atoms with E-state index in [-0.39, 0.29) is 17.8 Å². The standard InChI is InChI=1S/C18H23NO3/c1-3-15(2)18(21)22-14-8-7-13-19-17(20)12-11-16-9-5-4-6-10-16/h3-6,9-12,15H,1,7-8,13-14H2,2H3,(H,19,20)/b12-11+. The molecular formula is C18H23NO3. The molecule has 0 aliphatic heterocycles. The maximum absolute atomic E-state index is 11.6. The second-order valence-corrected chi connectivity index (χ2v) is 4.93. The lowest BCUT2D eigenvalue weighted by atomic mass is 10.2. The van der Waals surface area contributed by atoms with Crippen LogP contribution in [0.4, 0.5) is 0 Å². The highest BCUT2D eigenvalue weighted by molar-refractivity contribution is 5.91. The minimum absolute atomic E-state index is 0.124. The van der Waals surface area contributed by atoms with Gasteiger partial charge in [0.2, 0.25) is 5.91 Å².